The number of rotatable bonds is 2. The van der Waals surface area contributed by atoms with Crippen LogP contribution < -0.4 is 0 Å². The predicted octanol–water partition coefficient (Wildman–Crippen LogP) is 1.18. The number of nitrogens with zero attached hydrogens (tertiary/aromatic N) is 1. The van der Waals surface area contributed by atoms with Crippen LogP contribution in [0, 0.1) is 5.92 Å². The van der Waals surface area contributed by atoms with Gasteiger partial charge in [-0.1, -0.05) is 6.07 Å². The third-order valence-corrected chi connectivity index (χ3v) is 2.22. The van der Waals surface area contributed by atoms with Crippen molar-refractivity contribution in [2.75, 3.05) is 6.61 Å². The summed E-state index contributed by atoms with van der Waals surface area (Å²) in [4.78, 5) is 4.23. The van der Waals surface area contributed by atoms with Gasteiger partial charge in [0.15, 0.2) is 0 Å². The first-order valence-corrected chi connectivity index (χ1v) is 3.93. The van der Waals surface area contributed by atoms with Crippen LogP contribution in [0.4, 0.5) is 0 Å². The molecule has 1 aromatic heterocycles. The van der Waals surface area contributed by atoms with Gasteiger partial charge in [0.1, 0.15) is 0 Å². The molecule has 1 aliphatic carbocycles. The van der Waals surface area contributed by atoms with Gasteiger partial charge in [-0.15, -0.1) is 0 Å². The molecule has 0 radical (unpaired) electrons. The van der Waals surface area contributed by atoms with Crippen LogP contribution in [-0.4, -0.2) is 16.7 Å². The minimum Gasteiger partial charge on any atom is -0.396 e. The summed E-state index contributed by atoms with van der Waals surface area (Å²) in [5.74, 6) is 1.01. The van der Waals surface area contributed by atoms with E-state index >= 15 is 0 Å². The fraction of sp³-hybridized carbons (Fsp3) is 0.444. The molecule has 2 nitrogen and oxygen atoms in total. The van der Waals surface area contributed by atoms with Crippen LogP contribution in [0.5, 0.6) is 0 Å². The molecular weight excluding hydrogens is 138 g/mol. The number of aliphatic hydroxyl groups is 1. The lowest BCUT2D eigenvalue weighted by Gasteiger charge is -1.94. The lowest BCUT2D eigenvalue weighted by atomic mass is 10.2. The molecule has 0 bridgehead atoms. The molecule has 0 aromatic carbocycles. The maximum atomic E-state index is 8.81. The van der Waals surface area contributed by atoms with Gasteiger partial charge in [0.25, 0.3) is 0 Å². The summed E-state index contributed by atoms with van der Waals surface area (Å²) in [6.45, 7) is 0.307. The molecule has 0 aliphatic heterocycles. The maximum Gasteiger partial charge on any atom is 0.0465 e. The molecule has 0 amide bonds. The van der Waals surface area contributed by atoms with Gasteiger partial charge in [0, 0.05) is 24.4 Å². The Morgan fingerprint density at radius 3 is 3.00 bits per heavy atom. The second-order valence-electron chi connectivity index (χ2n) is 3.04. The van der Waals surface area contributed by atoms with Gasteiger partial charge in [0.05, 0.1) is 0 Å². The van der Waals surface area contributed by atoms with Crippen molar-refractivity contribution in [2.24, 2.45) is 5.92 Å². The second kappa shape index (κ2) is 2.62. The molecule has 11 heavy (non-hydrogen) atoms. The molecule has 1 saturated carbocycles. The molecule has 2 heteroatoms. The van der Waals surface area contributed by atoms with Crippen LogP contribution in [0.3, 0.4) is 0 Å². The van der Waals surface area contributed by atoms with E-state index in [1.807, 2.05) is 24.4 Å². The zero-order valence-electron chi connectivity index (χ0n) is 6.27. The molecule has 0 spiro atoms. The SMILES string of the molecule is OC[C@H]1C[C@@H]1c1ccccn1. The quantitative estimate of drug-likeness (QED) is 0.684. The van der Waals surface area contributed by atoms with E-state index in [0.29, 0.717) is 18.4 Å². The lowest BCUT2D eigenvalue weighted by Crippen LogP contribution is -1.90. The Hall–Kier alpha value is -0.890. The van der Waals surface area contributed by atoms with E-state index in [0.717, 1.165) is 12.1 Å². The highest BCUT2D eigenvalue weighted by Crippen LogP contribution is 2.45. The molecule has 2 rings (SSSR count). The van der Waals surface area contributed by atoms with Crippen LogP contribution in [0.2, 0.25) is 0 Å². The van der Waals surface area contributed by atoms with Crippen LogP contribution in [0.25, 0.3) is 0 Å². The Labute approximate surface area is 65.9 Å². The van der Waals surface area contributed by atoms with E-state index in [2.05, 4.69) is 4.98 Å². The van der Waals surface area contributed by atoms with Crippen molar-refractivity contribution in [1.29, 1.82) is 0 Å². The van der Waals surface area contributed by atoms with Crippen LogP contribution in [0.1, 0.15) is 18.0 Å². The Balaban J connectivity index is 2.09. The van der Waals surface area contributed by atoms with Crippen LogP contribution in [-0.2, 0) is 0 Å². The molecule has 2 atom stereocenters. The van der Waals surface area contributed by atoms with E-state index < -0.39 is 0 Å². The average Bonchev–Trinajstić information content (AvgIpc) is 2.85. The zero-order valence-corrected chi connectivity index (χ0v) is 6.27. The van der Waals surface area contributed by atoms with Crippen LogP contribution >= 0.6 is 0 Å². The summed E-state index contributed by atoms with van der Waals surface area (Å²) in [5, 5.41) is 8.81. The smallest absolute Gasteiger partial charge is 0.0465 e. The maximum absolute atomic E-state index is 8.81. The van der Waals surface area contributed by atoms with E-state index in [-0.39, 0.29) is 0 Å². The summed E-state index contributed by atoms with van der Waals surface area (Å²) in [5.41, 5.74) is 1.13. The second-order valence-corrected chi connectivity index (χ2v) is 3.04. The van der Waals surface area contributed by atoms with E-state index in [1.54, 1.807) is 0 Å². The highest BCUT2D eigenvalue weighted by Gasteiger charge is 2.38. The van der Waals surface area contributed by atoms with Gasteiger partial charge in [-0.25, -0.2) is 0 Å². The predicted molar refractivity (Wildman–Crippen MR) is 42.2 cm³/mol. The highest BCUT2D eigenvalue weighted by atomic mass is 16.3. The number of pyridine rings is 1. The van der Waals surface area contributed by atoms with Crippen molar-refractivity contribution < 1.29 is 5.11 Å². The van der Waals surface area contributed by atoms with Gasteiger partial charge in [0.2, 0.25) is 0 Å². The molecule has 1 aromatic rings. The summed E-state index contributed by atoms with van der Waals surface area (Å²) >= 11 is 0. The largest absolute Gasteiger partial charge is 0.396 e. The Morgan fingerprint density at radius 1 is 1.55 bits per heavy atom. The third-order valence-electron chi connectivity index (χ3n) is 2.22. The van der Waals surface area contributed by atoms with Crippen molar-refractivity contribution in [1.82, 2.24) is 4.98 Å². The summed E-state index contributed by atoms with van der Waals surface area (Å²) in [7, 11) is 0. The fourth-order valence-corrected chi connectivity index (χ4v) is 1.41. The first-order chi connectivity index (χ1) is 5.42. The first-order valence-electron chi connectivity index (χ1n) is 3.93. The topological polar surface area (TPSA) is 33.1 Å². The van der Waals surface area contributed by atoms with Crippen molar-refractivity contribution in [2.45, 2.75) is 12.3 Å². The Bertz CT molecular complexity index is 235. The van der Waals surface area contributed by atoms with Crippen LogP contribution in [0.15, 0.2) is 24.4 Å². The molecule has 1 N–H and O–H groups in total. The van der Waals surface area contributed by atoms with Crippen molar-refractivity contribution in [3.63, 3.8) is 0 Å². The third kappa shape index (κ3) is 1.26. The number of aliphatic hydroxyl groups excluding tert-OH is 1. The monoisotopic (exact) mass is 149 g/mol. The normalized spacial score (nSPS) is 28.5. The van der Waals surface area contributed by atoms with Gasteiger partial charge in [-0.2, -0.15) is 0 Å². The van der Waals surface area contributed by atoms with Gasteiger partial charge in [-0.05, 0) is 24.5 Å². The number of hydrogen-bond donors (Lipinski definition) is 1. The summed E-state index contributed by atoms with van der Waals surface area (Å²) in [6.07, 6.45) is 2.91. The van der Waals surface area contributed by atoms with Crippen molar-refractivity contribution in [3.05, 3.63) is 30.1 Å². The molecule has 1 aliphatic rings. The first kappa shape index (κ1) is 6.80. The van der Waals surface area contributed by atoms with Gasteiger partial charge >= 0.3 is 0 Å². The average molecular weight is 149 g/mol. The van der Waals surface area contributed by atoms with Gasteiger partial charge in [-0.3, -0.25) is 4.98 Å². The van der Waals surface area contributed by atoms with E-state index in [1.165, 1.54) is 0 Å². The fourth-order valence-electron chi connectivity index (χ4n) is 1.41. The van der Waals surface area contributed by atoms with E-state index in [9.17, 15) is 0 Å². The van der Waals surface area contributed by atoms with Gasteiger partial charge < -0.3 is 5.11 Å². The molecule has 0 unspecified atom stereocenters. The molecule has 1 heterocycles. The number of aromatic nitrogens is 1. The molecule has 1 fully saturated rings. The summed E-state index contributed by atoms with van der Waals surface area (Å²) < 4.78 is 0. The zero-order chi connectivity index (χ0) is 7.68. The molecule has 58 valence electrons. The molecular formula is C9H11NO. The number of hydrogen-bond acceptors (Lipinski definition) is 2. The Kier molecular flexibility index (Phi) is 1.62. The highest BCUT2D eigenvalue weighted by molar-refractivity contribution is 5.17. The Morgan fingerprint density at radius 2 is 2.45 bits per heavy atom. The minimum atomic E-state index is 0.307. The summed E-state index contributed by atoms with van der Waals surface area (Å²) in [6, 6.07) is 5.94. The lowest BCUT2D eigenvalue weighted by molar-refractivity contribution is 0.273. The molecule has 0 saturated heterocycles. The van der Waals surface area contributed by atoms with E-state index in [4.69, 9.17) is 5.11 Å². The minimum absolute atomic E-state index is 0.307. The standard InChI is InChI=1S/C9H11NO/c11-6-7-5-8(7)9-3-1-2-4-10-9/h1-4,7-8,11H,5-6H2/t7-,8+/m1/s1. The van der Waals surface area contributed by atoms with Crippen molar-refractivity contribution >= 4 is 0 Å². The van der Waals surface area contributed by atoms with Crippen molar-refractivity contribution in [3.8, 4) is 0 Å².